The lowest BCUT2D eigenvalue weighted by Gasteiger charge is -2.58. The third-order valence-electron chi connectivity index (χ3n) is 13.6. The van der Waals surface area contributed by atoms with Crippen molar-refractivity contribution in [2.45, 2.75) is 182 Å². The first kappa shape index (κ1) is 38.2. The van der Waals surface area contributed by atoms with Crippen molar-refractivity contribution in [1.82, 2.24) is 0 Å². The zero-order valence-corrected chi connectivity index (χ0v) is 31.7. The van der Waals surface area contributed by atoms with Crippen LogP contribution in [0.2, 0.25) is 0 Å². The van der Waals surface area contributed by atoms with Crippen molar-refractivity contribution in [3.05, 3.63) is 48.1 Å². The van der Waals surface area contributed by atoms with Gasteiger partial charge in [0.2, 0.25) is 0 Å². The molecule has 47 heavy (non-hydrogen) atoms. The monoisotopic (exact) mass is 647 g/mol. The van der Waals surface area contributed by atoms with Gasteiger partial charge in [-0.15, -0.1) is 0 Å². The lowest BCUT2D eigenvalue weighted by atomic mass is 9.47. The molecule has 2 nitrogen and oxygen atoms in total. The predicted octanol–water partition coefficient (Wildman–Crippen LogP) is 13.5. The molecule has 0 saturated heterocycles. The van der Waals surface area contributed by atoms with Gasteiger partial charge in [-0.2, -0.15) is 0 Å². The summed E-state index contributed by atoms with van der Waals surface area (Å²) in [5.41, 5.74) is 2.51. The normalized spacial score (nSPS) is 32.9. The van der Waals surface area contributed by atoms with E-state index in [4.69, 9.17) is 4.74 Å². The molecule has 0 N–H and O–H groups in total. The summed E-state index contributed by atoms with van der Waals surface area (Å²) in [6, 6.07) is 0. The van der Waals surface area contributed by atoms with Crippen LogP contribution in [0.5, 0.6) is 0 Å². The number of ether oxygens (including phenoxy) is 1. The quantitative estimate of drug-likeness (QED) is 0.0793. The molecule has 0 spiro atoms. The zero-order valence-electron chi connectivity index (χ0n) is 31.7. The number of allylic oxidation sites excluding steroid dienone is 7. The number of unbranched alkanes of at least 4 members (excludes halogenated alkanes) is 5. The second-order valence-corrected chi connectivity index (χ2v) is 17.2. The highest BCUT2D eigenvalue weighted by atomic mass is 16.5. The van der Waals surface area contributed by atoms with Crippen LogP contribution in [0.4, 0.5) is 0 Å². The first-order valence-corrected chi connectivity index (χ1v) is 20.5. The molecule has 0 radical (unpaired) electrons. The molecule has 0 heterocycles. The highest BCUT2D eigenvalue weighted by molar-refractivity contribution is 5.69. The molecule has 4 rings (SSSR count). The van der Waals surface area contributed by atoms with Gasteiger partial charge in [-0.3, -0.25) is 4.79 Å². The Balaban J connectivity index is 1.13. The minimum absolute atomic E-state index is 0.0435. The molecular weight excluding hydrogens is 572 g/mol. The summed E-state index contributed by atoms with van der Waals surface area (Å²) < 4.78 is 6.12. The van der Waals surface area contributed by atoms with Crippen LogP contribution in [0.1, 0.15) is 176 Å². The van der Waals surface area contributed by atoms with Gasteiger partial charge in [0.25, 0.3) is 0 Å². The molecule has 0 bridgehead atoms. The first-order chi connectivity index (χ1) is 22.7. The van der Waals surface area contributed by atoms with Gasteiger partial charge in [0.15, 0.2) is 0 Å². The molecule has 4 aliphatic carbocycles. The van der Waals surface area contributed by atoms with E-state index in [2.05, 4.69) is 84.1 Å². The second-order valence-electron chi connectivity index (χ2n) is 17.2. The Morgan fingerprint density at radius 1 is 0.830 bits per heavy atom. The molecule has 0 aromatic carbocycles. The van der Waals surface area contributed by atoms with Crippen LogP contribution in [0.15, 0.2) is 48.1 Å². The van der Waals surface area contributed by atoms with Gasteiger partial charge in [0.1, 0.15) is 6.10 Å². The van der Waals surface area contributed by atoms with Crippen molar-refractivity contribution in [3.8, 4) is 0 Å². The third-order valence-corrected chi connectivity index (χ3v) is 13.6. The second kappa shape index (κ2) is 19.0. The van der Waals surface area contributed by atoms with Crippen molar-refractivity contribution >= 4 is 5.97 Å². The average molecular weight is 647 g/mol. The molecular formula is C45H74O2. The first-order valence-electron chi connectivity index (χ1n) is 20.5. The topological polar surface area (TPSA) is 26.3 Å². The molecule has 0 unspecified atom stereocenters. The van der Waals surface area contributed by atoms with Crippen molar-refractivity contribution in [2.24, 2.45) is 46.3 Å². The van der Waals surface area contributed by atoms with Crippen molar-refractivity contribution in [2.75, 3.05) is 0 Å². The molecule has 0 aromatic heterocycles. The molecule has 4 aliphatic rings. The predicted molar refractivity (Wildman–Crippen MR) is 202 cm³/mol. The van der Waals surface area contributed by atoms with Gasteiger partial charge >= 0.3 is 5.97 Å². The summed E-state index contributed by atoms with van der Waals surface area (Å²) in [5.74, 6) is 5.28. The van der Waals surface area contributed by atoms with Gasteiger partial charge in [-0.25, -0.2) is 0 Å². The maximum atomic E-state index is 12.8. The number of carbonyl (C=O) groups is 1. The molecule has 3 saturated carbocycles. The standard InChI is InChI=1S/C45H74O2/c1-7-8-9-10-11-12-13-14-15-16-17-18-19-20-21-25-43(46)47-38-30-32-44(5)37(34-38)26-27-39-41-29-28-40(36(4)24-22-23-35(2)3)45(41,6)33-31-42(39)44/h8-9,11-12,14-15,26,35-36,38-42H,7,10,13,16-25,27-34H2,1-6H3/b9-8+,12-11-,15-14+/t36-,38+,39+,40-,41+,42+,44+,45-/m1/s1. The lowest BCUT2D eigenvalue weighted by molar-refractivity contribution is -0.151. The summed E-state index contributed by atoms with van der Waals surface area (Å²) in [5, 5.41) is 0. The summed E-state index contributed by atoms with van der Waals surface area (Å²) in [7, 11) is 0. The molecule has 0 aliphatic heterocycles. The SMILES string of the molecule is CC/C=C/C/C=C\C/C=C/CCCCCCCC(=O)O[C@H]1CC[C@@]2(C)C(=CC[C@H]3[C@@H]4CC[C@H]([C@H](C)CCCC(C)C)[C@@]4(C)CC[C@@H]32)C1. The fourth-order valence-electron chi connectivity index (χ4n) is 10.9. The van der Waals surface area contributed by atoms with Crippen LogP contribution in [-0.2, 0) is 9.53 Å². The van der Waals surface area contributed by atoms with E-state index in [0.29, 0.717) is 17.3 Å². The number of carbonyl (C=O) groups excluding carboxylic acids is 1. The lowest BCUT2D eigenvalue weighted by Crippen LogP contribution is -2.51. The van der Waals surface area contributed by atoms with E-state index in [1.807, 2.05) is 0 Å². The number of hydrogen-bond acceptors (Lipinski definition) is 2. The third kappa shape index (κ3) is 10.5. The van der Waals surface area contributed by atoms with Crippen molar-refractivity contribution < 1.29 is 9.53 Å². The van der Waals surface area contributed by atoms with Crippen LogP contribution < -0.4 is 0 Å². The fourth-order valence-corrected chi connectivity index (χ4v) is 10.9. The van der Waals surface area contributed by atoms with E-state index in [9.17, 15) is 4.79 Å². The van der Waals surface area contributed by atoms with E-state index in [1.54, 1.807) is 5.57 Å². The van der Waals surface area contributed by atoms with E-state index >= 15 is 0 Å². The fraction of sp³-hybridized carbons (Fsp3) is 0.800. The molecule has 0 amide bonds. The van der Waals surface area contributed by atoms with Gasteiger partial charge < -0.3 is 4.74 Å². The van der Waals surface area contributed by atoms with E-state index in [-0.39, 0.29) is 12.1 Å². The number of esters is 1. The van der Waals surface area contributed by atoms with Crippen LogP contribution in [-0.4, -0.2) is 12.1 Å². The molecule has 0 aromatic rings. The molecule has 3 fully saturated rings. The minimum atomic E-state index is 0.0435. The van der Waals surface area contributed by atoms with Gasteiger partial charge in [0, 0.05) is 12.8 Å². The molecule has 2 heteroatoms. The zero-order chi connectivity index (χ0) is 33.7. The highest BCUT2D eigenvalue weighted by Crippen LogP contribution is 2.67. The minimum Gasteiger partial charge on any atom is -0.462 e. The molecule has 8 atom stereocenters. The van der Waals surface area contributed by atoms with Crippen LogP contribution in [0.3, 0.4) is 0 Å². The number of fused-ring (bicyclic) bond motifs is 5. The summed E-state index contributed by atoms with van der Waals surface area (Å²) >= 11 is 0. The Morgan fingerprint density at radius 3 is 2.32 bits per heavy atom. The summed E-state index contributed by atoms with van der Waals surface area (Å²) in [6.45, 7) is 14.8. The van der Waals surface area contributed by atoms with Crippen LogP contribution in [0.25, 0.3) is 0 Å². The largest absolute Gasteiger partial charge is 0.462 e. The smallest absolute Gasteiger partial charge is 0.306 e. The number of rotatable bonds is 19. The Labute approximate surface area is 291 Å². The van der Waals surface area contributed by atoms with Crippen molar-refractivity contribution in [3.63, 3.8) is 0 Å². The Morgan fingerprint density at radius 2 is 1.55 bits per heavy atom. The maximum Gasteiger partial charge on any atom is 0.306 e. The van der Waals surface area contributed by atoms with Crippen LogP contribution in [0, 0.1) is 46.3 Å². The summed E-state index contributed by atoms with van der Waals surface area (Å²) in [4.78, 5) is 12.8. The van der Waals surface area contributed by atoms with Crippen molar-refractivity contribution in [1.29, 1.82) is 0 Å². The maximum absolute atomic E-state index is 12.8. The number of hydrogen-bond donors (Lipinski definition) is 0. The van der Waals surface area contributed by atoms with Gasteiger partial charge in [-0.1, -0.05) is 128 Å². The summed E-state index contributed by atoms with van der Waals surface area (Å²) in [6.07, 6.45) is 41.7. The van der Waals surface area contributed by atoms with E-state index in [1.165, 1.54) is 83.5 Å². The van der Waals surface area contributed by atoms with E-state index in [0.717, 1.165) is 80.5 Å². The van der Waals surface area contributed by atoms with E-state index < -0.39 is 0 Å². The highest BCUT2D eigenvalue weighted by Gasteiger charge is 2.59. The Kier molecular flexibility index (Phi) is 15.4. The van der Waals surface area contributed by atoms with Gasteiger partial charge in [-0.05, 0) is 130 Å². The molecule has 266 valence electrons. The van der Waals surface area contributed by atoms with Gasteiger partial charge in [0.05, 0.1) is 0 Å². The average Bonchev–Trinajstić information content (AvgIpc) is 3.40. The van der Waals surface area contributed by atoms with Crippen LogP contribution >= 0.6 is 0 Å². The Hall–Kier alpha value is -1.57. The Bertz CT molecular complexity index is 1060.